The zero-order valence-electron chi connectivity index (χ0n) is 11.4. The summed E-state index contributed by atoms with van der Waals surface area (Å²) < 4.78 is 4.64. The topological polar surface area (TPSA) is 46.5 Å². The molecule has 0 aliphatic heterocycles. The van der Waals surface area contributed by atoms with Gasteiger partial charge in [0.2, 0.25) is 0 Å². The molecule has 3 nitrogen and oxygen atoms in total. The minimum Gasteiger partial charge on any atom is -0.480 e. The van der Waals surface area contributed by atoms with Crippen LogP contribution in [0.15, 0.2) is 0 Å². The highest BCUT2D eigenvalue weighted by atomic mass is 16.5. The molecule has 17 heavy (non-hydrogen) atoms. The molecular formula is C14H28O3. The molecule has 0 unspecified atom stereocenters. The van der Waals surface area contributed by atoms with E-state index in [1.807, 2.05) is 6.92 Å². The molecule has 1 aliphatic rings. The van der Waals surface area contributed by atoms with Gasteiger partial charge in [0, 0.05) is 6.61 Å². The van der Waals surface area contributed by atoms with Gasteiger partial charge in [-0.3, -0.25) is 0 Å². The van der Waals surface area contributed by atoms with Crippen LogP contribution in [-0.2, 0) is 9.53 Å². The van der Waals surface area contributed by atoms with Crippen LogP contribution >= 0.6 is 0 Å². The molecule has 0 saturated heterocycles. The van der Waals surface area contributed by atoms with Gasteiger partial charge in [0.15, 0.2) is 0 Å². The number of unbranched alkanes of at least 4 members (excludes halogenated alkanes) is 2. The Balaban J connectivity index is 0.000000304. The van der Waals surface area contributed by atoms with Crippen LogP contribution in [0.3, 0.4) is 0 Å². The number of aliphatic carboxylic acids is 1. The highest BCUT2D eigenvalue weighted by Gasteiger charge is 2.15. The van der Waals surface area contributed by atoms with Gasteiger partial charge in [-0.1, -0.05) is 58.8 Å². The van der Waals surface area contributed by atoms with Gasteiger partial charge in [0.25, 0.3) is 0 Å². The lowest BCUT2D eigenvalue weighted by atomic mass is 9.82. The molecular weight excluding hydrogens is 216 g/mol. The Hall–Kier alpha value is -0.570. The minimum atomic E-state index is -0.904. The van der Waals surface area contributed by atoms with Crippen molar-refractivity contribution in [2.45, 2.75) is 65.2 Å². The van der Waals surface area contributed by atoms with Crippen molar-refractivity contribution in [3.05, 3.63) is 0 Å². The molecule has 0 heterocycles. The fraction of sp³-hybridized carbons (Fsp3) is 0.929. The molecule has 0 aromatic heterocycles. The van der Waals surface area contributed by atoms with Crippen LogP contribution in [0.5, 0.6) is 0 Å². The second kappa shape index (κ2) is 11.9. The van der Waals surface area contributed by atoms with Gasteiger partial charge >= 0.3 is 5.97 Å². The number of ether oxygens (including phenoxy) is 1. The number of hydrogen-bond donors (Lipinski definition) is 1. The third-order valence-electron chi connectivity index (χ3n) is 3.01. The van der Waals surface area contributed by atoms with Gasteiger partial charge in [0.05, 0.1) is 0 Å². The molecule has 0 atom stereocenters. The first-order chi connectivity index (χ1) is 8.20. The molecule has 1 aliphatic carbocycles. The molecule has 1 rings (SSSR count). The third-order valence-corrected chi connectivity index (χ3v) is 3.01. The van der Waals surface area contributed by atoms with Crippen molar-refractivity contribution in [3.63, 3.8) is 0 Å². The van der Waals surface area contributed by atoms with Crippen LogP contribution in [0, 0.1) is 5.92 Å². The summed E-state index contributed by atoms with van der Waals surface area (Å²) in [5, 5.41) is 8.02. The van der Waals surface area contributed by atoms with E-state index in [1.54, 1.807) is 0 Å². The summed E-state index contributed by atoms with van der Waals surface area (Å²) in [6, 6.07) is 0. The van der Waals surface area contributed by atoms with E-state index in [-0.39, 0.29) is 6.61 Å². The largest absolute Gasteiger partial charge is 0.480 e. The summed E-state index contributed by atoms with van der Waals surface area (Å²) in [6.45, 7) is 4.57. The van der Waals surface area contributed by atoms with E-state index in [1.165, 1.54) is 44.9 Å². The molecule has 0 amide bonds. The van der Waals surface area contributed by atoms with Crippen molar-refractivity contribution in [1.29, 1.82) is 0 Å². The number of rotatable bonds is 8. The second-order valence-electron chi connectivity index (χ2n) is 4.74. The van der Waals surface area contributed by atoms with E-state index >= 15 is 0 Å². The smallest absolute Gasteiger partial charge is 0.329 e. The molecule has 0 bridgehead atoms. The quantitative estimate of drug-likeness (QED) is 0.659. The van der Waals surface area contributed by atoms with Crippen LogP contribution in [-0.4, -0.2) is 24.3 Å². The Bertz CT molecular complexity index is 176. The van der Waals surface area contributed by atoms with Crippen molar-refractivity contribution in [3.8, 4) is 0 Å². The maximum Gasteiger partial charge on any atom is 0.329 e. The SMILES string of the molecule is CCCCCC1CCC1.CCCOCC(=O)O. The molecule has 102 valence electrons. The molecule has 1 fully saturated rings. The Morgan fingerprint density at radius 1 is 1.24 bits per heavy atom. The standard InChI is InChI=1S/C9H18.C5H10O3/c1-2-3-4-6-9-7-5-8-9;1-2-3-8-4-5(6)7/h9H,2-8H2,1H3;2-4H2,1H3,(H,6,7). The fourth-order valence-electron chi connectivity index (χ4n) is 1.77. The van der Waals surface area contributed by atoms with Gasteiger partial charge in [-0.2, -0.15) is 0 Å². The van der Waals surface area contributed by atoms with E-state index in [0.717, 1.165) is 12.3 Å². The average Bonchev–Trinajstić information content (AvgIpc) is 2.23. The van der Waals surface area contributed by atoms with Crippen molar-refractivity contribution in [2.75, 3.05) is 13.2 Å². The Morgan fingerprint density at radius 3 is 2.35 bits per heavy atom. The van der Waals surface area contributed by atoms with Gasteiger partial charge in [0.1, 0.15) is 6.61 Å². The predicted octanol–water partition coefficient (Wildman–Crippen LogP) is 3.86. The Kier molecular flexibility index (Phi) is 11.5. The lowest BCUT2D eigenvalue weighted by molar-refractivity contribution is -0.142. The predicted molar refractivity (Wildman–Crippen MR) is 70.2 cm³/mol. The zero-order chi connectivity index (χ0) is 12.9. The lowest BCUT2D eigenvalue weighted by Gasteiger charge is -2.24. The molecule has 0 spiro atoms. The molecule has 1 saturated carbocycles. The zero-order valence-corrected chi connectivity index (χ0v) is 11.4. The van der Waals surface area contributed by atoms with Crippen molar-refractivity contribution >= 4 is 5.97 Å². The van der Waals surface area contributed by atoms with E-state index < -0.39 is 5.97 Å². The summed E-state index contributed by atoms with van der Waals surface area (Å²) in [6.07, 6.45) is 11.3. The van der Waals surface area contributed by atoms with E-state index in [4.69, 9.17) is 5.11 Å². The third kappa shape index (κ3) is 11.7. The van der Waals surface area contributed by atoms with Gasteiger partial charge in [-0.05, 0) is 12.3 Å². The first kappa shape index (κ1) is 16.4. The van der Waals surface area contributed by atoms with Gasteiger partial charge in [-0.25, -0.2) is 4.79 Å². The van der Waals surface area contributed by atoms with Crippen LogP contribution in [0.25, 0.3) is 0 Å². The van der Waals surface area contributed by atoms with Crippen LogP contribution in [0.1, 0.15) is 65.2 Å². The highest BCUT2D eigenvalue weighted by molar-refractivity contribution is 5.67. The molecule has 0 aromatic carbocycles. The number of carbonyl (C=O) groups is 1. The van der Waals surface area contributed by atoms with E-state index in [9.17, 15) is 4.79 Å². The fourth-order valence-corrected chi connectivity index (χ4v) is 1.77. The molecule has 0 radical (unpaired) electrons. The van der Waals surface area contributed by atoms with Crippen molar-refractivity contribution < 1.29 is 14.6 Å². The van der Waals surface area contributed by atoms with Crippen LogP contribution in [0.2, 0.25) is 0 Å². The maximum absolute atomic E-state index is 9.75. The summed E-state index contributed by atoms with van der Waals surface area (Å²) in [7, 11) is 0. The Morgan fingerprint density at radius 2 is 1.94 bits per heavy atom. The van der Waals surface area contributed by atoms with Gasteiger partial charge in [-0.15, -0.1) is 0 Å². The number of hydrogen-bond acceptors (Lipinski definition) is 2. The normalized spacial score (nSPS) is 14.7. The molecule has 1 N–H and O–H groups in total. The van der Waals surface area contributed by atoms with Crippen molar-refractivity contribution in [1.82, 2.24) is 0 Å². The highest BCUT2D eigenvalue weighted by Crippen LogP contribution is 2.30. The maximum atomic E-state index is 9.75. The molecule has 0 aromatic rings. The monoisotopic (exact) mass is 244 g/mol. The summed E-state index contributed by atoms with van der Waals surface area (Å²) >= 11 is 0. The van der Waals surface area contributed by atoms with Crippen LogP contribution in [0.4, 0.5) is 0 Å². The van der Waals surface area contributed by atoms with Crippen molar-refractivity contribution in [2.24, 2.45) is 5.92 Å². The number of carboxylic acid groups (broad SMARTS) is 1. The summed E-state index contributed by atoms with van der Waals surface area (Å²) in [4.78, 5) is 9.75. The van der Waals surface area contributed by atoms with E-state index in [2.05, 4.69) is 11.7 Å². The first-order valence-electron chi connectivity index (χ1n) is 7.00. The lowest BCUT2D eigenvalue weighted by Crippen LogP contribution is -2.10. The summed E-state index contributed by atoms with van der Waals surface area (Å²) in [5.41, 5.74) is 0. The van der Waals surface area contributed by atoms with Crippen LogP contribution < -0.4 is 0 Å². The Labute approximate surface area is 106 Å². The second-order valence-corrected chi connectivity index (χ2v) is 4.74. The van der Waals surface area contributed by atoms with Gasteiger partial charge < -0.3 is 9.84 Å². The number of carboxylic acids is 1. The first-order valence-corrected chi connectivity index (χ1v) is 7.00. The summed E-state index contributed by atoms with van der Waals surface area (Å²) in [5.74, 6) is 0.231. The average molecular weight is 244 g/mol. The van der Waals surface area contributed by atoms with E-state index in [0.29, 0.717) is 6.61 Å². The minimum absolute atomic E-state index is 0.173. The molecule has 3 heteroatoms.